The molecular formula is C26H19ClN4O4S. The van der Waals surface area contributed by atoms with Gasteiger partial charge in [0.05, 0.1) is 56.4 Å². The second kappa shape index (κ2) is 9.12. The minimum Gasteiger partial charge on any atom is -0.279 e. The molecule has 0 fully saturated rings. The molecule has 1 heterocycles. The fourth-order valence-corrected chi connectivity index (χ4v) is 5.15. The number of anilines is 1. The average molecular weight is 519 g/mol. The number of hydrogen-bond acceptors (Lipinski definition) is 6. The van der Waals surface area contributed by atoms with Crippen molar-refractivity contribution < 1.29 is 18.0 Å². The predicted molar refractivity (Wildman–Crippen MR) is 133 cm³/mol. The lowest BCUT2D eigenvalue weighted by molar-refractivity contribution is 0.0642. The Bertz CT molecular complexity index is 1600. The maximum atomic E-state index is 13.3. The summed E-state index contributed by atoms with van der Waals surface area (Å²) < 4.78 is 28.6. The molecule has 0 aliphatic carbocycles. The Balaban J connectivity index is 1.67. The molecule has 0 atom stereocenters. The number of imide groups is 1. The summed E-state index contributed by atoms with van der Waals surface area (Å²) in [4.78, 5) is 27.2. The van der Waals surface area contributed by atoms with Crippen LogP contribution in [0.1, 0.15) is 51.3 Å². The molecule has 8 nitrogen and oxygen atoms in total. The minimum absolute atomic E-state index is 0.0164. The van der Waals surface area contributed by atoms with Gasteiger partial charge in [0.25, 0.3) is 21.8 Å². The van der Waals surface area contributed by atoms with Gasteiger partial charge in [0, 0.05) is 0 Å². The van der Waals surface area contributed by atoms with E-state index in [0.717, 1.165) is 4.90 Å². The fourth-order valence-electron chi connectivity index (χ4n) is 3.84. The molecule has 4 rings (SSSR count). The van der Waals surface area contributed by atoms with Crippen molar-refractivity contribution in [1.29, 1.82) is 10.5 Å². The molecule has 2 amide bonds. The first-order chi connectivity index (χ1) is 17.0. The number of benzene rings is 3. The number of nitrogens with zero attached hydrogens (tertiary/aromatic N) is 3. The van der Waals surface area contributed by atoms with Crippen molar-refractivity contribution in [1.82, 2.24) is 4.90 Å². The highest BCUT2D eigenvalue weighted by Gasteiger charge is 2.40. The van der Waals surface area contributed by atoms with Crippen molar-refractivity contribution in [3.63, 3.8) is 0 Å². The van der Waals surface area contributed by atoms with Gasteiger partial charge in [-0.25, -0.2) is 8.42 Å². The highest BCUT2D eigenvalue weighted by molar-refractivity contribution is 7.92. The molecule has 1 N–H and O–H groups in total. The quantitative estimate of drug-likeness (QED) is 0.474. The first kappa shape index (κ1) is 24.9. The third kappa shape index (κ3) is 4.42. The van der Waals surface area contributed by atoms with Gasteiger partial charge >= 0.3 is 0 Å². The van der Waals surface area contributed by atoms with E-state index in [1.54, 1.807) is 50.2 Å². The molecule has 0 radical (unpaired) electrons. The van der Waals surface area contributed by atoms with Crippen molar-refractivity contribution in [2.45, 2.75) is 30.7 Å². The highest BCUT2D eigenvalue weighted by Crippen LogP contribution is 2.36. The lowest BCUT2D eigenvalue weighted by atomic mass is 9.87. The zero-order valence-electron chi connectivity index (χ0n) is 19.2. The van der Waals surface area contributed by atoms with Crippen LogP contribution in [-0.4, -0.2) is 25.1 Å². The van der Waals surface area contributed by atoms with Gasteiger partial charge < -0.3 is 0 Å². The van der Waals surface area contributed by atoms with Gasteiger partial charge in [-0.3, -0.25) is 19.2 Å². The standard InChI is InChI=1S/C26H19ClN4O4S/c1-26(2,15-29)18-6-8-19(9-7-18)36(34,35)30-21-11-10-20(27)22-23(21)25(33)31(24(22)32)14-17-5-3-4-16(12-17)13-28/h3-12,30H,14H2,1-2H3. The summed E-state index contributed by atoms with van der Waals surface area (Å²) in [5, 5.41) is 18.4. The molecule has 3 aromatic rings. The third-order valence-corrected chi connectivity index (χ3v) is 7.58. The maximum Gasteiger partial charge on any atom is 0.264 e. The van der Waals surface area contributed by atoms with Crippen LogP contribution in [-0.2, 0) is 22.0 Å². The predicted octanol–water partition coefficient (Wildman–Crippen LogP) is 4.61. The summed E-state index contributed by atoms with van der Waals surface area (Å²) >= 11 is 6.23. The molecular weight excluding hydrogens is 500 g/mol. The molecule has 0 aromatic heterocycles. The normalized spacial score (nSPS) is 13.2. The van der Waals surface area contributed by atoms with Gasteiger partial charge in [0.2, 0.25) is 0 Å². The smallest absolute Gasteiger partial charge is 0.264 e. The Labute approximate surface area is 213 Å². The van der Waals surface area contributed by atoms with Crippen molar-refractivity contribution >= 4 is 39.1 Å². The zero-order chi connectivity index (χ0) is 26.3. The van der Waals surface area contributed by atoms with Gasteiger partial charge in [0.15, 0.2) is 0 Å². The van der Waals surface area contributed by atoms with Crippen LogP contribution in [0.3, 0.4) is 0 Å². The number of hydrogen-bond donors (Lipinski definition) is 1. The highest BCUT2D eigenvalue weighted by atomic mass is 35.5. The van der Waals surface area contributed by atoms with E-state index in [-0.39, 0.29) is 33.3 Å². The van der Waals surface area contributed by atoms with Crippen molar-refractivity contribution in [3.05, 3.63) is 93.5 Å². The number of nitriles is 2. The van der Waals surface area contributed by atoms with E-state index in [4.69, 9.17) is 16.9 Å². The number of carbonyl (C=O) groups excluding carboxylic acids is 2. The molecule has 0 unspecified atom stereocenters. The van der Waals surface area contributed by atoms with Gasteiger partial charge in [-0.05, 0) is 61.4 Å². The molecule has 1 aliphatic heterocycles. The zero-order valence-corrected chi connectivity index (χ0v) is 20.8. The fraction of sp³-hybridized carbons (Fsp3) is 0.154. The Kier molecular flexibility index (Phi) is 6.32. The maximum absolute atomic E-state index is 13.3. The molecule has 0 bridgehead atoms. The molecule has 1 aliphatic rings. The molecule has 0 spiro atoms. The molecule has 10 heteroatoms. The van der Waals surface area contributed by atoms with Crippen LogP contribution in [0.2, 0.25) is 5.02 Å². The van der Waals surface area contributed by atoms with Gasteiger partial charge in [-0.15, -0.1) is 0 Å². The Morgan fingerprint density at radius 2 is 1.64 bits per heavy atom. The topological polar surface area (TPSA) is 131 Å². The van der Waals surface area contributed by atoms with Crippen LogP contribution in [0.25, 0.3) is 0 Å². The van der Waals surface area contributed by atoms with E-state index in [9.17, 15) is 23.3 Å². The largest absolute Gasteiger partial charge is 0.279 e. The van der Waals surface area contributed by atoms with E-state index in [0.29, 0.717) is 16.7 Å². The van der Waals surface area contributed by atoms with Crippen LogP contribution >= 0.6 is 11.6 Å². The van der Waals surface area contributed by atoms with Crippen molar-refractivity contribution in [2.24, 2.45) is 0 Å². The summed E-state index contributed by atoms with van der Waals surface area (Å²) in [6.07, 6.45) is 0. The summed E-state index contributed by atoms with van der Waals surface area (Å²) in [6.45, 7) is 3.33. The number of sulfonamides is 1. The summed E-state index contributed by atoms with van der Waals surface area (Å²) in [5.41, 5.74) is 0.465. The van der Waals surface area contributed by atoms with Crippen LogP contribution in [0.4, 0.5) is 5.69 Å². The van der Waals surface area contributed by atoms with Gasteiger partial charge in [-0.2, -0.15) is 10.5 Å². The second-order valence-corrected chi connectivity index (χ2v) is 10.8. The second-order valence-electron chi connectivity index (χ2n) is 8.72. The monoisotopic (exact) mass is 518 g/mol. The summed E-state index contributed by atoms with van der Waals surface area (Å²) in [6, 6.07) is 19.2. The first-order valence-electron chi connectivity index (χ1n) is 10.7. The Morgan fingerprint density at radius 3 is 2.28 bits per heavy atom. The van der Waals surface area contributed by atoms with Crippen molar-refractivity contribution in [3.8, 4) is 12.1 Å². The van der Waals surface area contributed by atoms with Crippen LogP contribution in [0.5, 0.6) is 0 Å². The molecule has 0 saturated heterocycles. The van der Waals surface area contributed by atoms with Gasteiger partial charge in [-0.1, -0.05) is 35.9 Å². The molecule has 180 valence electrons. The molecule has 3 aromatic carbocycles. The van der Waals surface area contributed by atoms with Crippen LogP contribution < -0.4 is 4.72 Å². The third-order valence-electron chi connectivity index (χ3n) is 5.88. The lowest BCUT2D eigenvalue weighted by Gasteiger charge is -2.17. The molecule has 36 heavy (non-hydrogen) atoms. The number of amides is 2. The van der Waals surface area contributed by atoms with Crippen LogP contribution in [0.15, 0.2) is 65.6 Å². The summed E-state index contributed by atoms with van der Waals surface area (Å²) in [5.74, 6) is -1.37. The van der Waals surface area contributed by atoms with E-state index in [2.05, 4.69) is 10.8 Å². The first-order valence-corrected chi connectivity index (χ1v) is 12.6. The van der Waals surface area contributed by atoms with Crippen LogP contribution in [0, 0.1) is 22.7 Å². The average Bonchev–Trinajstić information content (AvgIpc) is 3.11. The number of carbonyl (C=O) groups is 2. The Hall–Kier alpha value is -4.18. The number of fused-ring (bicyclic) bond motifs is 1. The Morgan fingerprint density at radius 1 is 0.972 bits per heavy atom. The van der Waals surface area contributed by atoms with E-state index in [1.807, 2.05) is 6.07 Å². The van der Waals surface area contributed by atoms with E-state index < -0.39 is 27.3 Å². The number of rotatable bonds is 6. The van der Waals surface area contributed by atoms with Gasteiger partial charge in [0.1, 0.15) is 0 Å². The van der Waals surface area contributed by atoms with E-state index in [1.165, 1.54) is 24.3 Å². The molecule has 0 saturated carbocycles. The lowest BCUT2D eigenvalue weighted by Crippen LogP contribution is -2.29. The number of halogens is 1. The SMILES string of the molecule is CC(C)(C#N)c1ccc(S(=O)(=O)Nc2ccc(Cl)c3c2C(=O)N(Cc2cccc(C#N)c2)C3=O)cc1. The van der Waals surface area contributed by atoms with Crippen molar-refractivity contribution in [2.75, 3.05) is 4.72 Å². The number of nitrogens with one attached hydrogen (secondary N) is 1. The van der Waals surface area contributed by atoms with E-state index >= 15 is 0 Å². The summed E-state index contributed by atoms with van der Waals surface area (Å²) in [7, 11) is -4.14. The minimum atomic E-state index is -4.14.